The third-order valence-corrected chi connectivity index (χ3v) is 5.05. The highest BCUT2D eigenvalue weighted by Gasteiger charge is 2.33. The smallest absolute Gasteiger partial charge is 0.375 e. The lowest BCUT2D eigenvalue weighted by Crippen LogP contribution is -2.12. The predicted molar refractivity (Wildman–Crippen MR) is 77.8 cm³/mol. The summed E-state index contributed by atoms with van der Waals surface area (Å²) in [6.45, 7) is 0. The van der Waals surface area contributed by atoms with Gasteiger partial charge in [-0.2, -0.15) is 13.2 Å². The molecule has 1 atom stereocenters. The summed E-state index contributed by atoms with van der Waals surface area (Å²) in [5.41, 5.74) is 6.46. The maximum atomic E-state index is 12.9. The predicted octanol–water partition coefficient (Wildman–Crippen LogP) is 4.87. The van der Waals surface area contributed by atoms with Gasteiger partial charge in [0.2, 0.25) is 0 Å². The van der Waals surface area contributed by atoms with E-state index < -0.39 is 11.7 Å². The van der Waals surface area contributed by atoms with Gasteiger partial charge in [-0.25, -0.2) is 4.98 Å². The Morgan fingerprint density at radius 2 is 2.10 bits per heavy atom. The Balaban J connectivity index is 2.09. The third-order valence-electron chi connectivity index (χ3n) is 3.67. The molecular formula is C14H12ClF3N2S. The first-order chi connectivity index (χ1) is 9.86. The lowest BCUT2D eigenvalue weighted by molar-refractivity contribution is -0.137. The van der Waals surface area contributed by atoms with Gasteiger partial charge in [0.05, 0.1) is 11.3 Å². The second-order valence-electron chi connectivity index (χ2n) is 5.04. The molecule has 3 rings (SSSR count). The fourth-order valence-electron chi connectivity index (χ4n) is 2.72. The van der Waals surface area contributed by atoms with Gasteiger partial charge in [0.1, 0.15) is 0 Å². The molecule has 0 spiro atoms. The van der Waals surface area contributed by atoms with E-state index >= 15 is 0 Å². The van der Waals surface area contributed by atoms with Crippen LogP contribution in [0.3, 0.4) is 0 Å². The molecule has 0 bridgehead atoms. The first-order valence-corrected chi connectivity index (χ1v) is 7.67. The van der Waals surface area contributed by atoms with Crippen molar-refractivity contribution in [3.63, 3.8) is 0 Å². The second kappa shape index (κ2) is 5.18. The minimum absolute atomic E-state index is 0.154. The van der Waals surface area contributed by atoms with Crippen LogP contribution in [0.2, 0.25) is 5.02 Å². The number of aromatic nitrogens is 1. The molecule has 0 amide bonds. The normalized spacial score (nSPS) is 18.6. The highest BCUT2D eigenvalue weighted by Crippen LogP contribution is 2.44. The molecule has 1 unspecified atom stereocenters. The molecule has 1 aromatic heterocycles. The van der Waals surface area contributed by atoms with E-state index in [1.54, 1.807) is 0 Å². The number of benzene rings is 1. The molecule has 1 aliphatic carbocycles. The Bertz CT molecular complexity index is 681. The van der Waals surface area contributed by atoms with Crippen LogP contribution in [0, 0.1) is 0 Å². The molecule has 0 radical (unpaired) electrons. The van der Waals surface area contributed by atoms with Gasteiger partial charge in [0, 0.05) is 15.8 Å². The van der Waals surface area contributed by atoms with Gasteiger partial charge >= 0.3 is 6.18 Å². The number of nitrogens with zero attached hydrogens (tertiary/aromatic N) is 1. The topological polar surface area (TPSA) is 38.9 Å². The second-order valence-corrected chi connectivity index (χ2v) is 6.51. The van der Waals surface area contributed by atoms with Crippen LogP contribution in [0.1, 0.15) is 40.5 Å². The fourth-order valence-corrected chi connectivity index (χ4v) is 4.01. The Kier molecular flexibility index (Phi) is 3.61. The zero-order chi connectivity index (χ0) is 15.2. The van der Waals surface area contributed by atoms with Gasteiger partial charge in [-0.1, -0.05) is 11.6 Å². The van der Waals surface area contributed by atoms with Gasteiger partial charge in [-0.3, -0.25) is 0 Å². The lowest BCUT2D eigenvalue weighted by Gasteiger charge is -2.23. The van der Waals surface area contributed by atoms with Crippen molar-refractivity contribution < 1.29 is 13.2 Å². The number of hydrogen-bond acceptors (Lipinski definition) is 3. The van der Waals surface area contributed by atoms with E-state index in [2.05, 4.69) is 4.98 Å². The summed E-state index contributed by atoms with van der Waals surface area (Å²) in [7, 11) is 0. The molecule has 2 aromatic rings. The Hall–Kier alpha value is -1.27. The van der Waals surface area contributed by atoms with Crippen LogP contribution in [0.15, 0.2) is 18.2 Å². The van der Waals surface area contributed by atoms with Crippen LogP contribution in [-0.2, 0) is 12.6 Å². The molecule has 112 valence electrons. The number of nitrogens with two attached hydrogens (primary N) is 1. The Morgan fingerprint density at radius 3 is 2.81 bits per heavy atom. The standard InChI is InChI=1S/C14H12ClF3N2S/c15-10-5-4-7(14(16,17)18)6-9(10)8-2-1-3-11-12(8)21-13(19)20-11/h4-6,8H,1-3H2,(H2,19,20). The van der Waals surface area contributed by atoms with Crippen LogP contribution in [0.25, 0.3) is 0 Å². The quantitative estimate of drug-likeness (QED) is 0.809. The Labute approximate surface area is 128 Å². The summed E-state index contributed by atoms with van der Waals surface area (Å²) in [4.78, 5) is 5.20. The van der Waals surface area contributed by atoms with Gasteiger partial charge in [0.25, 0.3) is 0 Å². The van der Waals surface area contributed by atoms with Gasteiger partial charge in [-0.15, -0.1) is 11.3 Å². The van der Waals surface area contributed by atoms with E-state index in [4.69, 9.17) is 17.3 Å². The van der Waals surface area contributed by atoms with Gasteiger partial charge in [0.15, 0.2) is 5.13 Å². The van der Waals surface area contributed by atoms with E-state index in [0.29, 0.717) is 15.7 Å². The van der Waals surface area contributed by atoms with Gasteiger partial charge < -0.3 is 5.73 Å². The highest BCUT2D eigenvalue weighted by molar-refractivity contribution is 7.15. The van der Waals surface area contributed by atoms with E-state index in [-0.39, 0.29) is 5.92 Å². The van der Waals surface area contributed by atoms with Gasteiger partial charge in [-0.05, 0) is 43.0 Å². The van der Waals surface area contributed by atoms with Crippen molar-refractivity contribution in [3.05, 3.63) is 44.9 Å². The molecule has 0 aliphatic heterocycles. The summed E-state index contributed by atoms with van der Waals surface area (Å²) < 4.78 is 38.7. The van der Waals surface area contributed by atoms with Crippen LogP contribution in [0.5, 0.6) is 0 Å². The summed E-state index contributed by atoms with van der Waals surface area (Å²) in [5, 5.41) is 0.808. The average molecular weight is 333 g/mol. The van der Waals surface area contributed by atoms with E-state index in [0.717, 1.165) is 42.0 Å². The van der Waals surface area contributed by atoms with Crippen molar-refractivity contribution in [2.24, 2.45) is 0 Å². The lowest BCUT2D eigenvalue weighted by atomic mass is 9.85. The van der Waals surface area contributed by atoms with Crippen molar-refractivity contribution in [2.45, 2.75) is 31.4 Å². The van der Waals surface area contributed by atoms with Crippen LogP contribution in [0.4, 0.5) is 18.3 Å². The maximum absolute atomic E-state index is 12.9. The molecule has 0 fully saturated rings. The van der Waals surface area contributed by atoms with Crippen molar-refractivity contribution in [2.75, 3.05) is 5.73 Å². The molecule has 2 nitrogen and oxygen atoms in total. The number of anilines is 1. The third kappa shape index (κ3) is 2.74. The molecule has 2 N–H and O–H groups in total. The number of aryl methyl sites for hydroxylation is 1. The number of nitrogen functional groups attached to an aromatic ring is 1. The molecule has 1 heterocycles. The van der Waals surface area contributed by atoms with Crippen molar-refractivity contribution >= 4 is 28.1 Å². The van der Waals surface area contributed by atoms with Crippen LogP contribution >= 0.6 is 22.9 Å². The minimum Gasteiger partial charge on any atom is -0.375 e. The molecule has 7 heteroatoms. The first kappa shape index (κ1) is 14.7. The van der Waals surface area contributed by atoms with Crippen molar-refractivity contribution in [1.29, 1.82) is 0 Å². The van der Waals surface area contributed by atoms with Crippen LogP contribution < -0.4 is 5.73 Å². The monoisotopic (exact) mass is 332 g/mol. The summed E-state index contributed by atoms with van der Waals surface area (Å²) >= 11 is 7.48. The van der Waals surface area contributed by atoms with E-state index in [9.17, 15) is 13.2 Å². The summed E-state index contributed by atoms with van der Waals surface area (Å²) in [6.07, 6.45) is -1.93. The zero-order valence-corrected chi connectivity index (χ0v) is 12.4. The number of hydrogen-bond donors (Lipinski definition) is 1. The largest absolute Gasteiger partial charge is 0.416 e. The SMILES string of the molecule is Nc1nc2c(s1)C(c1cc(C(F)(F)F)ccc1Cl)CCC2. The highest BCUT2D eigenvalue weighted by atomic mass is 35.5. The van der Waals surface area contributed by atoms with E-state index in [1.165, 1.54) is 17.4 Å². The minimum atomic E-state index is -4.37. The number of fused-ring (bicyclic) bond motifs is 1. The average Bonchev–Trinajstić information content (AvgIpc) is 2.78. The number of halogens is 4. The van der Waals surface area contributed by atoms with Crippen LogP contribution in [-0.4, -0.2) is 4.98 Å². The molecule has 0 saturated heterocycles. The zero-order valence-electron chi connectivity index (χ0n) is 10.9. The maximum Gasteiger partial charge on any atom is 0.416 e. The molecule has 21 heavy (non-hydrogen) atoms. The summed E-state index contributed by atoms with van der Waals surface area (Å²) in [6, 6.07) is 3.48. The number of thiazole rings is 1. The number of alkyl halides is 3. The van der Waals surface area contributed by atoms with Crippen molar-refractivity contribution in [3.8, 4) is 0 Å². The summed E-state index contributed by atoms with van der Waals surface area (Å²) in [5.74, 6) is -0.154. The molecule has 1 aliphatic rings. The molecule has 0 saturated carbocycles. The molecule has 1 aromatic carbocycles. The van der Waals surface area contributed by atoms with Crippen molar-refractivity contribution in [1.82, 2.24) is 4.98 Å². The fraction of sp³-hybridized carbons (Fsp3) is 0.357. The molecular weight excluding hydrogens is 321 g/mol. The van der Waals surface area contributed by atoms with E-state index in [1.807, 2.05) is 0 Å². The Morgan fingerprint density at radius 1 is 1.33 bits per heavy atom. The first-order valence-electron chi connectivity index (χ1n) is 6.48. The number of rotatable bonds is 1.